The first kappa shape index (κ1) is 21.2. The van der Waals surface area contributed by atoms with Gasteiger partial charge in [-0.15, -0.1) is 0 Å². The third-order valence-electron chi connectivity index (χ3n) is 4.67. The summed E-state index contributed by atoms with van der Waals surface area (Å²) in [6.07, 6.45) is 0.374. The highest BCUT2D eigenvalue weighted by Crippen LogP contribution is 2.42. The lowest BCUT2D eigenvalue weighted by molar-refractivity contribution is -0.141. The van der Waals surface area contributed by atoms with Crippen molar-refractivity contribution in [1.29, 1.82) is 0 Å². The van der Waals surface area contributed by atoms with E-state index in [1.54, 1.807) is 31.1 Å². The van der Waals surface area contributed by atoms with E-state index in [0.717, 1.165) is 0 Å². The van der Waals surface area contributed by atoms with E-state index in [9.17, 15) is 9.59 Å². The molecule has 1 aromatic rings. The van der Waals surface area contributed by atoms with Crippen LogP contribution in [0.2, 0.25) is 0 Å². The maximum Gasteiger partial charge on any atom is 0.338 e. The summed E-state index contributed by atoms with van der Waals surface area (Å²) in [5.41, 5.74) is 1.57. The van der Waals surface area contributed by atoms with Crippen molar-refractivity contribution in [2.24, 2.45) is 4.99 Å². The number of allylic oxidation sites excluding steroid dienone is 1. The second kappa shape index (κ2) is 9.32. The summed E-state index contributed by atoms with van der Waals surface area (Å²) in [5.74, 6) is 1.12. The van der Waals surface area contributed by atoms with Crippen LogP contribution in [0.15, 0.2) is 34.5 Å². The molecule has 1 fully saturated rings. The van der Waals surface area contributed by atoms with E-state index in [4.69, 9.17) is 18.9 Å². The number of hydrogen-bond donors (Lipinski definition) is 0. The molecule has 2 aliphatic rings. The van der Waals surface area contributed by atoms with Gasteiger partial charge in [0.2, 0.25) is 5.91 Å². The summed E-state index contributed by atoms with van der Waals surface area (Å²) in [6.45, 7) is 2.15. The van der Waals surface area contributed by atoms with Crippen LogP contribution in [0.25, 0.3) is 0 Å². The average molecular weight is 420 g/mol. The minimum absolute atomic E-state index is 0.0861. The smallest absolute Gasteiger partial charge is 0.338 e. The van der Waals surface area contributed by atoms with Crippen LogP contribution in [0, 0.1) is 0 Å². The van der Waals surface area contributed by atoms with E-state index in [2.05, 4.69) is 4.99 Å². The summed E-state index contributed by atoms with van der Waals surface area (Å²) in [6, 6.07) is 4.69. The number of esters is 1. The molecular formula is C20H24N2O6S. The number of benzene rings is 1. The Balaban J connectivity index is 2.09. The molecule has 8 nitrogen and oxygen atoms in total. The van der Waals surface area contributed by atoms with Gasteiger partial charge in [-0.3, -0.25) is 9.69 Å². The summed E-state index contributed by atoms with van der Waals surface area (Å²) in [4.78, 5) is 31.8. The van der Waals surface area contributed by atoms with Crippen LogP contribution in [0.5, 0.6) is 11.5 Å². The molecule has 0 radical (unpaired) electrons. The highest BCUT2D eigenvalue weighted by atomic mass is 32.2. The van der Waals surface area contributed by atoms with E-state index in [-0.39, 0.29) is 19.1 Å². The first-order valence-electron chi connectivity index (χ1n) is 9.14. The molecule has 1 atom stereocenters. The number of amidine groups is 1. The molecule has 2 aliphatic heterocycles. The SMILES string of the molecule is COCCOC(=O)C1=C(C)N=C2SCCC(=O)N2[C@H]1c1ccc(OC)c(OC)c1. The van der Waals surface area contributed by atoms with Gasteiger partial charge in [0.15, 0.2) is 16.7 Å². The van der Waals surface area contributed by atoms with E-state index in [1.807, 2.05) is 6.07 Å². The molecule has 1 aromatic carbocycles. The topological polar surface area (TPSA) is 86.7 Å². The number of carbonyl (C=O) groups excluding carboxylic acids is 2. The summed E-state index contributed by atoms with van der Waals surface area (Å²) < 4.78 is 21.1. The van der Waals surface area contributed by atoms with Crippen molar-refractivity contribution in [3.63, 3.8) is 0 Å². The molecule has 0 saturated carbocycles. The van der Waals surface area contributed by atoms with Gasteiger partial charge in [-0.2, -0.15) is 0 Å². The van der Waals surface area contributed by atoms with Crippen molar-refractivity contribution in [2.45, 2.75) is 19.4 Å². The van der Waals surface area contributed by atoms with Crippen molar-refractivity contribution >= 4 is 28.8 Å². The Morgan fingerprint density at radius 3 is 2.66 bits per heavy atom. The van der Waals surface area contributed by atoms with Crippen LogP contribution < -0.4 is 9.47 Å². The standard InChI is InChI=1S/C20H24N2O6S/c1-12-17(19(24)28-9-8-25-2)18(22-16(23)7-10-29-20(22)21-12)13-5-6-14(26-3)15(11-13)27-4/h5-6,11,18H,7-10H2,1-4H3/t18-/m0/s1. The zero-order chi connectivity index (χ0) is 21.0. The molecule has 1 saturated heterocycles. The number of nitrogens with zero attached hydrogens (tertiary/aromatic N) is 2. The Labute approximate surface area is 173 Å². The number of rotatable bonds is 7. The van der Waals surface area contributed by atoms with Crippen LogP contribution in [0.3, 0.4) is 0 Å². The molecule has 0 aromatic heterocycles. The van der Waals surface area contributed by atoms with Gasteiger partial charge in [-0.1, -0.05) is 17.8 Å². The zero-order valence-electron chi connectivity index (χ0n) is 16.9. The molecule has 0 N–H and O–H groups in total. The quantitative estimate of drug-likeness (QED) is 0.495. The normalized spacial score (nSPS) is 18.9. The van der Waals surface area contributed by atoms with Crippen LogP contribution >= 0.6 is 11.8 Å². The number of aliphatic imine (C=N–C) groups is 1. The second-order valence-corrected chi connectivity index (χ2v) is 7.46. The highest BCUT2D eigenvalue weighted by Gasteiger charge is 2.42. The van der Waals surface area contributed by atoms with Crippen LogP contribution in [-0.4, -0.2) is 62.2 Å². The number of hydrogen-bond acceptors (Lipinski definition) is 8. The number of fused-ring (bicyclic) bond motifs is 1. The van der Waals surface area contributed by atoms with Crippen molar-refractivity contribution < 1.29 is 28.5 Å². The van der Waals surface area contributed by atoms with Gasteiger partial charge in [0, 0.05) is 19.3 Å². The number of amides is 1. The molecule has 2 heterocycles. The lowest BCUT2D eigenvalue weighted by atomic mass is 9.94. The first-order valence-corrected chi connectivity index (χ1v) is 10.1. The van der Waals surface area contributed by atoms with E-state index in [0.29, 0.717) is 45.7 Å². The van der Waals surface area contributed by atoms with Gasteiger partial charge in [0.1, 0.15) is 6.61 Å². The zero-order valence-corrected chi connectivity index (χ0v) is 17.7. The molecule has 0 bridgehead atoms. The monoisotopic (exact) mass is 420 g/mol. The summed E-state index contributed by atoms with van der Waals surface area (Å²) >= 11 is 1.50. The molecule has 9 heteroatoms. The Hall–Kier alpha value is -2.52. The van der Waals surface area contributed by atoms with Gasteiger partial charge >= 0.3 is 5.97 Å². The fourth-order valence-electron chi connectivity index (χ4n) is 3.29. The van der Waals surface area contributed by atoms with Gasteiger partial charge in [-0.05, 0) is 24.6 Å². The predicted octanol–water partition coefficient (Wildman–Crippen LogP) is 2.54. The fraction of sp³-hybridized carbons (Fsp3) is 0.450. The minimum Gasteiger partial charge on any atom is -0.493 e. The number of thioether (sulfide) groups is 1. The third-order valence-corrected chi connectivity index (χ3v) is 5.62. The van der Waals surface area contributed by atoms with Gasteiger partial charge in [0.05, 0.1) is 38.1 Å². The van der Waals surface area contributed by atoms with E-state index in [1.165, 1.54) is 26.0 Å². The maximum atomic E-state index is 12.9. The Bertz CT molecular complexity index is 867. The largest absolute Gasteiger partial charge is 0.493 e. The number of ether oxygens (including phenoxy) is 4. The van der Waals surface area contributed by atoms with Crippen LogP contribution in [0.4, 0.5) is 0 Å². The minimum atomic E-state index is -0.655. The Morgan fingerprint density at radius 1 is 1.21 bits per heavy atom. The lowest BCUT2D eigenvalue weighted by Crippen LogP contribution is -2.45. The van der Waals surface area contributed by atoms with E-state index < -0.39 is 12.0 Å². The number of methoxy groups -OCH3 is 3. The lowest BCUT2D eigenvalue weighted by Gasteiger charge is -2.39. The van der Waals surface area contributed by atoms with Crippen LogP contribution in [-0.2, 0) is 19.1 Å². The van der Waals surface area contributed by atoms with Gasteiger partial charge in [0.25, 0.3) is 0 Å². The second-order valence-electron chi connectivity index (χ2n) is 6.40. The molecule has 3 rings (SSSR count). The molecule has 1 amide bonds. The predicted molar refractivity (Wildman–Crippen MR) is 109 cm³/mol. The van der Waals surface area contributed by atoms with Crippen molar-refractivity contribution in [2.75, 3.05) is 40.3 Å². The van der Waals surface area contributed by atoms with Crippen molar-refractivity contribution in [3.8, 4) is 11.5 Å². The van der Waals surface area contributed by atoms with Crippen molar-refractivity contribution in [1.82, 2.24) is 4.90 Å². The third kappa shape index (κ3) is 4.25. The molecular weight excluding hydrogens is 396 g/mol. The van der Waals surface area contributed by atoms with Crippen molar-refractivity contribution in [3.05, 3.63) is 35.0 Å². The maximum absolute atomic E-state index is 12.9. The average Bonchev–Trinajstić information content (AvgIpc) is 2.72. The van der Waals surface area contributed by atoms with Crippen LogP contribution in [0.1, 0.15) is 24.9 Å². The molecule has 0 aliphatic carbocycles. The number of carbonyl (C=O) groups is 2. The highest BCUT2D eigenvalue weighted by molar-refractivity contribution is 8.14. The Kier molecular flexibility index (Phi) is 6.81. The van der Waals surface area contributed by atoms with Gasteiger partial charge < -0.3 is 18.9 Å². The fourth-order valence-corrected chi connectivity index (χ4v) is 4.30. The molecule has 0 spiro atoms. The molecule has 0 unspecified atom stereocenters. The van der Waals surface area contributed by atoms with E-state index >= 15 is 0 Å². The first-order chi connectivity index (χ1) is 14.0. The Morgan fingerprint density at radius 2 is 1.97 bits per heavy atom. The molecule has 156 valence electrons. The summed E-state index contributed by atoms with van der Waals surface area (Å²) in [5, 5.41) is 0.590. The summed E-state index contributed by atoms with van der Waals surface area (Å²) in [7, 11) is 4.63. The molecule has 29 heavy (non-hydrogen) atoms. The van der Waals surface area contributed by atoms with Gasteiger partial charge in [-0.25, -0.2) is 9.79 Å².